The van der Waals surface area contributed by atoms with Gasteiger partial charge in [-0.1, -0.05) is 42.5 Å². The fourth-order valence-corrected chi connectivity index (χ4v) is 2.41. The first-order chi connectivity index (χ1) is 10.3. The third-order valence-electron chi connectivity index (χ3n) is 3.52. The van der Waals surface area contributed by atoms with E-state index in [0.717, 1.165) is 5.56 Å². The van der Waals surface area contributed by atoms with Crippen LogP contribution in [0.3, 0.4) is 0 Å². The summed E-state index contributed by atoms with van der Waals surface area (Å²) in [6.45, 7) is 0. The molecule has 0 radical (unpaired) electrons. The third-order valence-corrected chi connectivity index (χ3v) is 3.52. The lowest BCUT2D eigenvalue weighted by molar-refractivity contribution is 0.0846. The average Bonchev–Trinajstić information content (AvgIpc) is 2.53. The molecule has 3 aromatic rings. The lowest BCUT2D eigenvalue weighted by Crippen LogP contribution is -2.10. The first-order valence-corrected chi connectivity index (χ1v) is 6.87. The maximum absolute atomic E-state index is 12.2. The fraction of sp³-hybridized carbons (Fsp3) is 0.167. The minimum atomic E-state index is -0.273. The van der Waals surface area contributed by atoms with Crippen molar-refractivity contribution in [3.8, 4) is 0 Å². The Morgan fingerprint density at radius 2 is 1.76 bits per heavy atom. The van der Waals surface area contributed by atoms with E-state index in [4.69, 9.17) is 9.15 Å². The van der Waals surface area contributed by atoms with Crippen LogP contribution in [0.25, 0.3) is 11.0 Å². The van der Waals surface area contributed by atoms with Gasteiger partial charge >= 0.3 is 0 Å². The molecule has 0 aliphatic heterocycles. The summed E-state index contributed by atoms with van der Waals surface area (Å²) in [6.07, 6.45) is 0.392. The van der Waals surface area contributed by atoms with Gasteiger partial charge in [0.05, 0.1) is 5.39 Å². The Bertz CT molecular complexity index is 790. The van der Waals surface area contributed by atoms with Crippen molar-refractivity contribution in [3.05, 3.63) is 82.2 Å². The van der Waals surface area contributed by atoms with Gasteiger partial charge in [-0.25, -0.2) is 0 Å². The molecule has 0 bridgehead atoms. The molecule has 0 amide bonds. The van der Waals surface area contributed by atoms with E-state index in [-0.39, 0.29) is 11.5 Å². The molecule has 1 aromatic heterocycles. The number of hydrogen-bond acceptors (Lipinski definition) is 3. The summed E-state index contributed by atoms with van der Waals surface area (Å²) in [7, 11) is 1.63. The molecule has 0 saturated heterocycles. The highest BCUT2D eigenvalue weighted by atomic mass is 16.5. The van der Waals surface area contributed by atoms with E-state index in [1.807, 2.05) is 42.5 Å². The highest BCUT2D eigenvalue weighted by Crippen LogP contribution is 2.23. The number of hydrogen-bond donors (Lipinski definition) is 0. The Balaban J connectivity index is 1.99. The van der Waals surface area contributed by atoms with Crippen LogP contribution in [0, 0.1) is 0 Å². The van der Waals surface area contributed by atoms with Gasteiger partial charge in [0, 0.05) is 19.6 Å². The maximum Gasteiger partial charge on any atom is 0.193 e. The summed E-state index contributed by atoms with van der Waals surface area (Å²) < 4.78 is 11.4. The van der Waals surface area contributed by atoms with E-state index < -0.39 is 0 Å². The summed E-state index contributed by atoms with van der Waals surface area (Å²) in [5.41, 5.74) is 1.69. The molecule has 21 heavy (non-hydrogen) atoms. The van der Waals surface area contributed by atoms with Crippen molar-refractivity contribution in [3.63, 3.8) is 0 Å². The lowest BCUT2D eigenvalue weighted by Gasteiger charge is -2.15. The van der Waals surface area contributed by atoms with E-state index in [1.54, 1.807) is 19.2 Å². The van der Waals surface area contributed by atoms with Crippen LogP contribution in [0.15, 0.2) is 69.9 Å². The summed E-state index contributed by atoms with van der Waals surface area (Å²) in [5, 5.41) is 0.593. The van der Waals surface area contributed by atoms with Crippen molar-refractivity contribution in [2.24, 2.45) is 0 Å². The van der Waals surface area contributed by atoms with Gasteiger partial charge in [-0.2, -0.15) is 0 Å². The number of rotatable bonds is 4. The van der Waals surface area contributed by atoms with Crippen molar-refractivity contribution in [2.45, 2.75) is 12.5 Å². The second-order valence-electron chi connectivity index (χ2n) is 4.92. The summed E-state index contributed by atoms with van der Waals surface area (Å²) in [5.74, 6) is 0.560. The molecule has 3 rings (SSSR count). The Hall–Kier alpha value is -2.39. The van der Waals surface area contributed by atoms with Crippen molar-refractivity contribution >= 4 is 11.0 Å². The Morgan fingerprint density at radius 1 is 1.05 bits per heavy atom. The van der Waals surface area contributed by atoms with Gasteiger partial charge in [0.15, 0.2) is 5.43 Å². The van der Waals surface area contributed by atoms with Gasteiger partial charge in [-0.05, 0) is 17.7 Å². The smallest absolute Gasteiger partial charge is 0.193 e. The van der Waals surface area contributed by atoms with E-state index in [0.29, 0.717) is 23.2 Å². The molecule has 1 atom stereocenters. The second-order valence-corrected chi connectivity index (χ2v) is 4.92. The van der Waals surface area contributed by atoms with Crippen molar-refractivity contribution in [2.75, 3.05) is 7.11 Å². The van der Waals surface area contributed by atoms with Crippen LogP contribution in [0.1, 0.15) is 17.4 Å². The van der Waals surface area contributed by atoms with Gasteiger partial charge in [-0.15, -0.1) is 0 Å². The molecule has 3 nitrogen and oxygen atoms in total. The van der Waals surface area contributed by atoms with Gasteiger partial charge in [0.25, 0.3) is 0 Å². The average molecular weight is 280 g/mol. The standard InChI is InChI=1S/C18H16O3/c1-20-17(11-13-7-3-2-4-8-13)18-12-15(19)14-9-5-6-10-16(14)21-18/h2-10,12,17H,11H2,1H3. The van der Waals surface area contributed by atoms with Crippen LogP contribution < -0.4 is 5.43 Å². The number of methoxy groups -OCH3 is 1. The molecule has 106 valence electrons. The van der Waals surface area contributed by atoms with Crippen LogP contribution in [0.5, 0.6) is 0 Å². The summed E-state index contributed by atoms with van der Waals surface area (Å²) in [6, 6.07) is 18.8. The van der Waals surface area contributed by atoms with Gasteiger partial charge in [-0.3, -0.25) is 4.79 Å². The minimum absolute atomic E-state index is 0.0399. The normalized spacial score (nSPS) is 12.4. The van der Waals surface area contributed by atoms with E-state index in [9.17, 15) is 4.79 Å². The fourth-order valence-electron chi connectivity index (χ4n) is 2.41. The summed E-state index contributed by atoms with van der Waals surface area (Å²) >= 11 is 0. The lowest BCUT2D eigenvalue weighted by atomic mass is 10.1. The molecular formula is C18H16O3. The quantitative estimate of drug-likeness (QED) is 0.731. The monoisotopic (exact) mass is 280 g/mol. The van der Waals surface area contributed by atoms with Crippen molar-refractivity contribution < 1.29 is 9.15 Å². The Kier molecular flexibility index (Phi) is 3.84. The Morgan fingerprint density at radius 3 is 2.52 bits per heavy atom. The van der Waals surface area contributed by atoms with Gasteiger partial charge in [0.1, 0.15) is 17.4 Å². The van der Waals surface area contributed by atoms with E-state index >= 15 is 0 Å². The molecule has 1 heterocycles. The van der Waals surface area contributed by atoms with Crippen LogP contribution in [0.2, 0.25) is 0 Å². The molecule has 0 aliphatic rings. The Labute approximate surface area is 122 Å². The molecule has 1 unspecified atom stereocenters. The first kappa shape index (κ1) is 13.6. The molecule has 2 aromatic carbocycles. The largest absolute Gasteiger partial charge is 0.458 e. The third kappa shape index (κ3) is 2.88. The van der Waals surface area contributed by atoms with Crippen LogP contribution in [0.4, 0.5) is 0 Å². The number of fused-ring (bicyclic) bond motifs is 1. The number of benzene rings is 2. The van der Waals surface area contributed by atoms with Crippen molar-refractivity contribution in [1.82, 2.24) is 0 Å². The first-order valence-electron chi connectivity index (χ1n) is 6.87. The molecular weight excluding hydrogens is 264 g/mol. The second kappa shape index (κ2) is 5.94. The molecule has 0 N–H and O–H groups in total. The zero-order valence-corrected chi connectivity index (χ0v) is 11.8. The van der Waals surface area contributed by atoms with Gasteiger partial charge in [0.2, 0.25) is 0 Å². The molecule has 3 heteroatoms. The minimum Gasteiger partial charge on any atom is -0.458 e. The van der Waals surface area contributed by atoms with E-state index in [1.165, 1.54) is 6.07 Å². The zero-order valence-electron chi connectivity index (χ0n) is 11.8. The molecule has 0 fully saturated rings. The van der Waals surface area contributed by atoms with Crippen molar-refractivity contribution in [1.29, 1.82) is 0 Å². The van der Waals surface area contributed by atoms with Crippen LogP contribution >= 0.6 is 0 Å². The SMILES string of the molecule is COC(Cc1ccccc1)c1cc(=O)c2ccccc2o1. The molecule has 0 saturated carbocycles. The maximum atomic E-state index is 12.2. The van der Waals surface area contributed by atoms with Gasteiger partial charge < -0.3 is 9.15 Å². The van der Waals surface area contributed by atoms with Crippen LogP contribution in [-0.2, 0) is 11.2 Å². The highest BCUT2D eigenvalue weighted by Gasteiger charge is 2.16. The zero-order chi connectivity index (χ0) is 14.7. The topological polar surface area (TPSA) is 39.4 Å². The summed E-state index contributed by atoms with van der Waals surface area (Å²) in [4.78, 5) is 12.2. The predicted octanol–water partition coefficient (Wildman–Crippen LogP) is 3.72. The molecule has 0 aliphatic carbocycles. The molecule has 0 spiro atoms. The number of ether oxygens (including phenoxy) is 1. The van der Waals surface area contributed by atoms with E-state index in [2.05, 4.69) is 0 Å². The van der Waals surface area contributed by atoms with Crippen LogP contribution in [-0.4, -0.2) is 7.11 Å². The predicted molar refractivity (Wildman–Crippen MR) is 82.4 cm³/mol. The number of para-hydroxylation sites is 1. The highest BCUT2D eigenvalue weighted by molar-refractivity contribution is 5.76.